The summed E-state index contributed by atoms with van der Waals surface area (Å²) in [5.74, 6) is 0.651. The van der Waals surface area contributed by atoms with Crippen LogP contribution in [0.2, 0.25) is 6.55 Å². The van der Waals surface area contributed by atoms with Gasteiger partial charge in [-0.1, -0.05) is 129 Å². The fourth-order valence-electron chi connectivity index (χ4n) is 7.50. The SMILES string of the molecule is Cc1c(-c2c3ccc([Si](C)(c4ccccc4)c4ccccc4)cc3cc[n+]2C)cc(-c2ccccc2)cc1C1CCCC1. The van der Waals surface area contributed by atoms with Crippen molar-refractivity contribution in [3.8, 4) is 22.4 Å². The topological polar surface area (TPSA) is 3.88 Å². The van der Waals surface area contributed by atoms with Gasteiger partial charge in [-0.15, -0.1) is 0 Å². The number of benzene rings is 5. The van der Waals surface area contributed by atoms with Gasteiger partial charge in [0.15, 0.2) is 6.20 Å². The summed E-state index contributed by atoms with van der Waals surface area (Å²) in [5.41, 5.74) is 8.25. The normalized spacial score (nSPS) is 13.9. The predicted molar refractivity (Wildman–Crippen MR) is 185 cm³/mol. The van der Waals surface area contributed by atoms with Gasteiger partial charge >= 0.3 is 0 Å². The summed E-state index contributed by atoms with van der Waals surface area (Å²) >= 11 is 0. The second-order valence-electron chi connectivity index (χ2n) is 12.5. The Morgan fingerprint density at radius 2 is 1.23 bits per heavy atom. The van der Waals surface area contributed by atoms with Gasteiger partial charge in [-0.3, -0.25) is 0 Å². The zero-order valence-corrected chi connectivity index (χ0v) is 26.6. The second-order valence-corrected chi connectivity index (χ2v) is 16.5. The number of fused-ring (bicyclic) bond motifs is 1. The average Bonchev–Trinajstić information content (AvgIpc) is 3.61. The first-order valence-electron chi connectivity index (χ1n) is 15.8. The molecule has 6 aromatic rings. The Labute approximate surface area is 257 Å². The Hall–Kier alpha value is -4.27. The molecule has 0 N–H and O–H groups in total. The number of hydrogen-bond acceptors (Lipinski definition) is 0. The molecule has 1 fully saturated rings. The van der Waals surface area contributed by atoms with E-state index >= 15 is 0 Å². The number of aromatic nitrogens is 1. The van der Waals surface area contributed by atoms with E-state index in [2.05, 4.69) is 159 Å². The molecule has 0 radical (unpaired) electrons. The van der Waals surface area contributed by atoms with Crippen molar-refractivity contribution in [3.63, 3.8) is 0 Å². The molecular formula is C41H40NSi+. The Balaban J connectivity index is 1.44. The Kier molecular flexibility index (Phi) is 7.32. The lowest BCUT2D eigenvalue weighted by Gasteiger charge is -2.29. The van der Waals surface area contributed by atoms with Crippen molar-refractivity contribution in [1.82, 2.24) is 0 Å². The molecule has 0 unspecified atom stereocenters. The van der Waals surface area contributed by atoms with Crippen molar-refractivity contribution >= 4 is 34.4 Å². The minimum absolute atomic E-state index is 0.651. The minimum atomic E-state index is -2.20. The lowest BCUT2D eigenvalue weighted by Crippen LogP contribution is -2.64. The van der Waals surface area contributed by atoms with Crippen molar-refractivity contribution < 1.29 is 4.57 Å². The third kappa shape index (κ3) is 4.94. The van der Waals surface area contributed by atoms with Crippen LogP contribution < -0.4 is 20.1 Å². The number of rotatable bonds is 6. The number of pyridine rings is 1. The standard InChI is InChI=1S/C41H40NSi/c1-30-39(32-17-13-14-18-32)28-34(31-15-7-4-8-16-31)29-40(30)41-38-24-23-37(27-33(38)25-26-42(41)2)43(3,35-19-9-5-10-20-35)36-21-11-6-12-22-36/h4-12,15-16,19-29,32H,13-14,17-18H2,1-3H3/q+1. The molecule has 0 bridgehead atoms. The van der Waals surface area contributed by atoms with Gasteiger partial charge in [0.25, 0.3) is 0 Å². The van der Waals surface area contributed by atoms with E-state index in [0.717, 1.165) is 0 Å². The summed E-state index contributed by atoms with van der Waals surface area (Å²) in [6, 6.07) is 47.8. The highest BCUT2D eigenvalue weighted by molar-refractivity contribution is 7.10. The van der Waals surface area contributed by atoms with Crippen LogP contribution in [0.15, 0.2) is 134 Å². The number of aryl methyl sites for hydroxylation is 1. The predicted octanol–water partition coefficient (Wildman–Crippen LogP) is 8.06. The fourth-order valence-corrected chi connectivity index (χ4v) is 11.1. The van der Waals surface area contributed by atoms with Crippen LogP contribution in [0.25, 0.3) is 33.2 Å². The molecule has 0 atom stereocenters. The third-order valence-corrected chi connectivity index (χ3v) is 14.5. The van der Waals surface area contributed by atoms with E-state index in [0.29, 0.717) is 5.92 Å². The number of nitrogens with zero attached hydrogens (tertiary/aromatic N) is 1. The Morgan fingerprint density at radius 3 is 1.86 bits per heavy atom. The quantitative estimate of drug-likeness (QED) is 0.108. The van der Waals surface area contributed by atoms with E-state index in [9.17, 15) is 0 Å². The van der Waals surface area contributed by atoms with E-state index in [-0.39, 0.29) is 0 Å². The van der Waals surface area contributed by atoms with Crippen molar-refractivity contribution in [2.24, 2.45) is 7.05 Å². The summed E-state index contributed by atoms with van der Waals surface area (Å²) in [7, 11) is 0.00494. The molecule has 1 aromatic heterocycles. The first-order chi connectivity index (χ1) is 21.0. The molecule has 212 valence electrons. The molecule has 1 nitrogen and oxygen atoms in total. The highest BCUT2D eigenvalue weighted by Gasteiger charge is 2.34. The smallest absolute Gasteiger partial charge is 0.200 e. The van der Waals surface area contributed by atoms with Crippen LogP contribution >= 0.6 is 0 Å². The highest BCUT2D eigenvalue weighted by atomic mass is 28.3. The fraction of sp³-hybridized carbons (Fsp3) is 0.195. The monoisotopic (exact) mass is 574 g/mol. The first kappa shape index (κ1) is 27.6. The Bertz CT molecular complexity index is 1850. The van der Waals surface area contributed by atoms with Crippen LogP contribution in [0.4, 0.5) is 0 Å². The summed E-state index contributed by atoms with van der Waals surface area (Å²) in [6.45, 7) is 4.86. The second kappa shape index (κ2) is 11.4. The van der Waals surface area contributed by atoms with E-state index in [1.54, 1.807) is 0 Å². The van der Waals surface area contributed by atoms with E-state index in [1.165, 1.54) is 85.5 Å². The minimum Gasteiger partial charge on any atom is -0.200 e. The summed E-state index contributed by atoms with van der Waals surface area (Å²) in [6.07, 6.45) is 7.53. The van der Waals surface area contributed by atoms with Gasteiger partial charge < -0.3 is 0 Å². The lowest BCUT2D eigenvalue weighted by molar-refractivity contribution is -0.659. The third-order valence-electron chi connectivity index (χ3n) is 10.0. The molecule has 0 saturated heterocycles. The summed E-state index contributed by atoms with van der Waals surface area (Å²) < 4.78 is 2.34. The molecule has 1 heterocycles. The van der Waals surface area contributed by atoms with E-state index in [4.69, 9.17) is 0 Å². The summed E-state index contributed by atoms with van der Waals surface area (Å²) in [5, 5.41) is 6.95. The average molecular weight is 575 g/mol. The maximum Gasteiger partial charge on any atom is 0.220 e. The molecule has 5 aromatic carbocycles. The maximum absolute atomic E-state index is 2.50. The molecule has 0 amide bonds. The van der Waals surface area contributed by atoms with Gasteiger partial charge in [0.1, 0.15) is 15.1 Å². The molecular weight excluding hydrogens is 535 g/mol. The lowest BCUT2D eigenvalue weighted by atomic mass is 9.85. The molecule has 0 spiro atoms. The van der Waals surface area contributed by atoms with Crippen LogP contribution in [0.3, 0.4) is 0 Å². The molecule has 0 aliphatic heterocycles. The van der Waals surface area contributed by atoms with Gasteiger partial charge in [-0.2, -0.15) is 0 Å². The maximum atomic E-state index is 2.50. The van der Waals surface area contributed by atoms with Crippen LogP contribution in [-0.4, -0.2) is 8.07 Å². The van der Waals surface area contributed by atoms with Crippen LogP contribution in [0.1, 0.15) is 42.7 Å². The molecule has 7 rings (SSSR count). The van der Waals surface area contributed by atoms with Crippen LogP contribution in [0, 0.1) is 6.92 Å². The van der Waals surface area contributed by atoms with E-state index < -0.39 is 8.07 Å². The van der Waals surface area contributed by atoms with Crippen molar-refractivity contribution in [3.05, 3.63) is 145 Å². The van der Waals surface area contributed by atoms with Crippen molar-refractivity contribution in [1.29, 1.82) is 0 Å². The van der Waals surface area contributed by atoms with Gasteiger partial charge in [0.05, 0.1) is 10.9 Å². The molecule has 1 saturated carbocycles. The molecule has 43 heavy (non-hydrogen) atoms. The van der Waals surface area contributed by atoms with E-state index in [1.807, 2.05) is 0 Å². The van der Waals surface area contributed by atoms with Gasteiger partial charge in [-0.25, -0.2) is 4.57 Å². The van der Waals surface area contributed by atoms with Gasteiger partial charge in [0.2, 0.25) is 5.69 Å². The van der Waals surface area contributed by atoms with Crippen molar-refractivity contribution in [2.75, 3.05) is 0 Å². The molecule has 1 aliphatic carbocycles. The highest BCUT2D eigenvalue weighted by Crippen LogP contribution is 2.41. The summed E-state index contributed by atoms with van der Waals surface area (Å²) in [4.78, 5) is 0. The Morgan fingerprint density at radius 1 is 0.628 bits per heavy atom. The van der Waals surface area contributed by atoms with Gasteiger partial charge in [-0.05, 0) is 81.0 Å². The zero-order chi connectivity index (χ0) is 29.4. The largest absolute Gasteiger partial charge is 0.220 e. The van der Waals surface area contributed by atoms with Crippen LogP contribution in [0.5, 0.6) is 0 Å². The first-order valence-corrected chi connectivity index (χ1v) is 18.3. The number of hydrogen-bond donors (Lipinski definition) is 0. The zero-order valence-electron chi connectivity index (χ0n) is 25.6. The van der Waals surface area contributed by atoms with Gasteiger partial charge in [0, 0.05) is 6.07 Å². The molecule has 2 heteroatoms. The molecule has 1 aliphatic rings. The van der Waals surface area contributed by atoms with Crippen molar-refractivity contribution in [2.45, 2.75) is 45.1 Å². The van der Waals surface area contributed by atoms with Crippen LogP contribution in [-0.2, 0) is 7.05 Å².